The molecule has 1 heterocycles. The van der Waals surface area contributed by atoms with E-state index in [4.69, 9.17) is 16.3 Å². The number of nitriles is 1. The molecule has 8 heteroatoms. The van der Waals surface area contributed by atoms with Crippen LogP contribution in [0.15, 0.2) is 60.8 Å². The van der Waals surface area contributed by atoms with Crippen molar-refractivity contribution >= 4 is 39.7 Å². The maximum atomic E-state index is 13.4. The van der Waals surface area contributed by atoms with Gasteiger partial charge in [-0.3, -0.25) is 9.78 Å². The van der Waals surface area contributed by atoms with Crippen LogP contribution in [-0.4, -0.2) is 15.9 Å². The molecule has 4 aromatic rings. The number of pyridine rings is 1. The zero-order chi connectivity index (χ0) is 24.2. The highest BCUT2D eigenvalue weighted by molar-refractivity contribution is 6.32. The van der Waals surface area contributed by atoms with E-state index < -0.39 is 0 Å². The first-order valence-electron chi connectivity index (χ1n) is 10.3. The molecular formula is C26H19ClFN3O3. The monoisotopic (exact) mass is 475 g/mol. The fourth-order valence-corrected chi connectivity index (χ4v) is 3.76. The lowest BCUT2D eigenvalue weighted by molar-refractivity contribution is -0.116. The second kappa shape index (κ2) is 9.77. The summed E-state index contributed by atoms with van der Waals surface area (Å²) >= 11 is 6.40. The normalized spacial score (nSPS) is 10.6. The summed E-state index contributed by atoms with van der Waals surface area (Å²) in [5.74, 6) is -0.0579. The number of hydrogen-bond donors (Lipinski definition) is 2. The number of phenolic OH excluding ortho intramolecular Hbond substituents is 1. The summed E-state index contributed by atoms with van der Waals surface area (Å²) in [5, 5.41) is 24.0. The highest BCUT2D eigenvalue weighted by Gasteiger charge is 2.15. The van der Waals surface area contributed by atoms with Crippen molar-refractivity contribution in [2.45, 2.75) is 20.0 Å². The molecule has 0 unspecified atom stereocenters. The second-order valence-corrected chi connectivity index (χ2v) is 8.13. The van der Waals surface area contributed by atoms with Crippen LogP contribution in [0.2, 0.25) is 5.02 Å². The summed E-state index contributed by atoms with van der Waals surface area (Å²) in [5.41, 5.74) is 2.93. The molecule has 0 aliphatic carbocycles. The summed E-state index contributed by atoms with van der Waals surface area (Å²) in [6.45, 7) is 1.59. The number of carbonyl (C=O) groups excluding carboxylic acids is 1. The number of Topliss-reactive ketones (excluding diaryl/α,β-unsaturated/α-hetero) is 1. The van der Waals surface area contributed by atoms with E-state index in [1.165, 1.54) is 31.3 Å². The van der Waals surface area contributed by atoms with Crippen molar-refractivity contribution in [1.82, 2.24) is 4.98 Å². The van der Waals surface area contributed by atoms with Crippen molar-refractivity contribution in [2.75, 3.05) is 5.32 Å². The molecule has 4 rings (SSSR count). The molecular weight excluding hydrogens is 457 g/mol. The van der Waals surface area contributed by atoms with Gasteiger partial charge in [0.25, 0.3) is 0 Å². The lowest BCUT2D eigenvalue weighted by Gasteiger charge is -2.15. The van der Waals surface area contributed by atoms with Crippen LogP contribution in [0.3, 0.4) is 0 Å². The van der Waals surface area contributed by atoms with Gasteiger partial charge in [-0.15, -0.1) is 0 Å². The number of ether oxygens (including phenoxy) is 1. The third kappa shape index (κ3) is 5.08. The van der Waals surface area contributed by atoms with Crippen molar-refractivity contribution < 1.29 is 19.0 Å². The first-order chi connectivity index (χ1) is 16.3. The fraction of sp³-hybridized carbons (Fsp3) is 0.115. The van der Waals surface area contributed by atoms with Crippen LogP contribution in [0.5, 0.6) is 11.5 Å². The predicted octanol–water partition coefficient (Wildman–Crippen LogP) is 6.06. The Morgan fingerprint density at radius 3 is 2.76 bits per heavy atom. The number of nitrogens with zero attached hydrogens (tertiary/aromatic N) is 2. The van der Waals surface area contributed by atoms with Gasteiger partial charge in [0.1, 0.15) is 35.8 Å². The minimum absolute atomic E-state index is 0.0336. The number of ketones is 1. The maximum absolute atomic E-state index is 13.4. The van der Waals surface area contributed by atoms with Crippen LogP contribution in [0.4, 0.5) is 15.8 Å². The molecule has 3 aromatic carbocycles. The Morgan fingerprint density at radius 1 is 1.24 bits per heavy atom. The molecule has 2 N–H and O–H groups in total. The minimum Gasteiger partial charge on any atom is -0.508 e. The van der Waals surface area contributed by atoms with Gasteiger partial charge in [0.15, 0.2) is 0 Å². The van der Waals surface area contributed by atoms with Crippen molar-refractivity contribution in [3.05, 3.63) is 88.3 Å². The maximum Gasteiger partial charge on any atom is 0.138 e. The Hall–Kier alpha value is -4.15. The van der Waals surface area contributed by atoms with Crippen LogP contribution in [-0.2, 0) is 17.8 Å². The van der Waals surface area contributed by atoms with E-state index in [2.05, 4.69) is 16.4 Å². The van der Waals surface area contributed by atoms with Crippen molar-refractivity contribution in [3.63, 3.8) is 0 Å². The average molecular weight is 476 g/mol. The van der Waals surface area contributed by atoms with Crippen LogP contribution >= 0.6 is 11.6 Å². The molecule has 170 valence electrons. The molecule has 0 atom stereocenters. The predicted molar refractivity (Wildman–Crippen MR) is 128 cm³/mol. The molecule has 0 saturated heterocycles. The Bertz CT molecular complexity index is 1450. The van der Waals surface area contributed by atoms with Crippen LogP contribution < -0.4 is 10.1 Å². The smallest absolute Gasteiger partial charge is 0.138 e. The Kier molecular flexibility index (Phi) is 6.62. The summed E-state index contributed by atoms with van der Waals surface area (Å²) in [6, 6.07) is 16.4. The molecule has 0 aliphatic heterocycles. The van der Waals surface area contributed by atoms with Crippen LogP contribution in [0.1, 0.15) is 23.6 Å². The zero-order valence-corrected chi connectivity index (χ0v) is 18.9. The number of halogens is 2. The zero-order valence-electron chi connectivity index (χ0n) is 18.1. The Morgan fingerprint density at radius 2 is 2.06 bits per heavy atom. The number of anilines is 2. The quantitative estimate of drug-likeness (QED) is 0.337. The molecule has 0 spiro atoms. The number of hydrogen-bond acceptors (Lipinski definition) is 6. The molecule has 0 aliphatic rings. The summed E-state index contributed by atoms with van der Waals surface area (Å²) < 4.78 is 19.1. The highest BCUT2D eigenvalue weighted by atomic mass is 35.5. The molecule has 0 radical (unpaired) electrons. The van der Waals surface area contributed by atoms with Gasteiger partial charge in [-0.2, -0.15) is 5.26 Å². The standard InChI is InChI=1S/C26H19ClFN3O3/c1-15(32)7-17-9-21-23(11-24(17)33)30-13-18(12-29)26(21)31-20-5-6-25(22(27)10-20)34-14-16-3-2-4-19(28)8-16/h2-6,8-11,13,33H,7,14H2,1H3,(H,30,31). The van der Waals surface area contributed by atoms with Crippen molar-refractivity contribution in [1.29, 1.82) is 5.26 Å². The highest BCUT2D eigenvalue weighted by Crippen LogP contribution is 2.35. The van der Waals surface area contributed by atoms with Gasteiger partial charge in [-0.05, 0) is 48.9 Å². The third-order valence-electron chi connectivity index (χ3n) is 5.11. The topological polar surface area (TPSA) is 95.2 Å². The van der Waals surface area contributed by atoms with Gasteiger partial charge in [0.2, 0.25) is 0 Å². The van der Waals surface area contributed by atoms with E-state index in [-0.39, 0.29) is 35.9 Å². The molecule has 0 bridgehead atoms. The Labute approximate surface area is 200 Å². The molecule has 0 amide bonds. The summed E-state index contributed by atoms with van der Waals surface area (Å²) in [7, 11) is 0. The van der Waals surface area contributed by atoms with Gasteiger partial charge in [-0.1, -0.05) is 23.7 Å². The van der Waals surface area contributed by atoms with Crippen LogP contribution in [0, 0.1) is 17.1 Å². The fourth-order valence-electron chi connectivity index (χ4n) is 3.53. The number of aromatic nitrogens is 1. The Balaban J connectivity index is 1.64. The van der Waals surface area contributed by atoms with Crippen molar-refractivity contribution in [2.24, 2.45) is 0 Å². The first kappa shape index (κ1) is 23.0. The van der Waals surface area contributed by atoms with Gasteiger partial charge < -0.3 is 15.2 Å². The van der Waals surface area contributed by atoms with E-state index in [1.54, 1.807) is 36.4 Å². The lowest BCUT2D eigenvalue weighted by atomic mass is 10.0. The van der Waals surface area contributed by atoms with E-state index >= 15 is 0 Å². The van der Waals surface area contributed by atoms with Gasteiger partial charge >= 0.3 is 0 Å². The SMILES string of the molecule is CC(=O)Cc1cc2c(Nc3ccc(OCc4cccc(F)c4)c(Cl)c3)c(C#N)cnc2cc1O. The van der Waals surface area contributed by atoms with Gasteiger partial charge in [-0.25, -0.2) is 4.39 Å². The minimum atomic E-state index is -0.343. The molecule has 34 heavy (non-hydrogen) atoms. The van der Waals surface area contributed by atoms with Crippen LogP contribution in [0.25, 0.3) is 10.9 Å². The molecule has 6 nitrogen and oxygen atoms in total. The number of aromatic hydroxyl groups is 1. The first-order valence-corrected chi connectivity index (χ1v) is 10.7. The molecule has 1 aromatic heterocycles. The number of benzene rings is 3. The van der Waals surface area contributed by atoms with Gasteiger partial charge in [0.05, 0.1) is 21.8 Å². The van der Waals surface area contributed by atoms with E-state index in [9.17, 15) is 19.6 Å². The summed E-state index contributed by atoms with van der Waals surface area (Å²) in [4.78, 5) is 15.8. The summed E-state index contributed by atoms with van der Waals surface area (Å²) in [6.07, 6.45) is 1.47. The number of phenols is 1. The molecule has 0 saturated carbocycles. The third-order valence-corrected chi connectivity index (χ3v) is 5.41. The lowest BCUT2D eigenvalue weighted by Crippen LogP contribution is -2.01. The van der Waals surface area contributed by atoms with E-state index in [0.717, 1.165) is 0 Å². The number of carbonyl (C=O) groups is 1. The second-order valence-electron chi connectivity index (χ2n) is 7.72. The van der Waals surface area contributed by atoms with E-state index in [1.807, 2.05) is 0 Å². The largest absolute Gasteiger partial charge is 0.508 e. The number of nitrogens with one attached hydrogen (secondary N) is 1. The average Bonchev–Trinajstić information content (AvgIpc) is 2.79. The molecule has 0 fully saturated rings. The van der Waals surface area contributed by atoms with E-state index in [0.29, 0.717) is 44.2 Å². The number of rotatable bonds is 7. The van der Waals surface area contributed by atoms with Crippen molar-refractivity contribution in [3.8, 4) is 17.6 Å². The van der Waals surface area contributed by atoms with Gasteiger partial charge in [0, 0.05) is 35.3 Å². The number of fused-ring (bicyclic) bond motifs is 1.